The van der Waals surface area contributed by atoms with Crippen molar-refractivity contribution in [3.8, 4) is 0 Å². The molecule has 0 rings (SSSR count). The van der Waals surface area contributed by atoms with Gasteiger partial charge < -0.3 is 14.2 Å². The maximum Gasteiger partial charge on any atom is 0.150 e. The van der Waals surface area contributed by atoms with E-state index >= 15 is 0 Å². The van der Waals surface area contributed by atoms with Crippen molar-refractivity contribution < 1.29 is 14.2 Å². The first kappa shape index (κ1) is 63.2. The van der Waals surface area contributed by atoms with Crippen LogP contribution in [0.25, 0.3) is 0 Å². The molecule has 0 aromatic heterocycles. The number of rotatable bonds is 8. The fraction of sp³-hybridized carbons (Fsp3) is 0.750. The molecule has 0 unspecified atom stereocenters. The Balaban J connectivity index is -0.0000000179. The summed E-state index contributed by atoms with van der Waals surface area (Å²) in [5.74, 6) is 0. The van der Waals surface area contributed by atoms with Crippen LogP contribution in [0.2, 0.25) is 0 Å². The van der Waals surface area contributed by atoms with Crippen LogP contribution in [0.15, 0.2) is 25.3 Å². The Hall–Kier alpha value is -0.640. The van der Waals surface area contributed by atoms with Gasteiger partial charge in [-0.05, 0) is 0 Å². The fourth-order valence-electron chi connectivity index (χ4n) is 0.415. The van der Waals surface area contributed by atoms with Crippen LogP contribution >= 0.6 is 0 Å². The Morgan fingerprint density at radius 3 is 1.00 bits per heavy atom. The van der Waals surface area contributed by atoms with Crippen LogP contribution in [0, 0.1) is 0 Å². The van der Waals surface area contributed by atoms with Gasteiger partial charge in [-0.15, -0.1) is 13.2 Å². The topological polar surface area (TPSA) is 27.7 Å². The molecular formula is C16H46O3. The molecule has 0 aliphatic heterocycles. The highest BCUT2D eigenvalue weighted by Gasteiger charge is 1.84. The SMILES string of the molecule is C.C.C.C.C.C.C.C.C=CCOCOCOCC=C. The normalized spacial score (nSPS) is 5.47. The molecule has 128 valence electrons. The molecule has 19 heavy (non-hydrogen) atoms. The monoisotopic (exact) mass is 286 g/mol. The van der Waals surface area contributed by atoms with Gasteiger partial charge in [-0.3, -0.25) is 0 Å². The summed E-state index contributed by atoms with van der Waals surface area (Å²) in [4.78, 5) is 0. The lowest BCUT2D eigenvalue weighted by Crippen LogP contribution is -2.04. The Kier molecular flexibility index (Phi) is 221. The molecule has 3 nitrogen and oxygen atoms in total. The van der Waals surface area contributed by atoms with Crippen molar-refractivity contribution in [1.29, 1.82) is 0 Å². The lowest BCUT2D eigenvalue weighted by Gasteiger charge is -2.02. The average molecular weight is 287 g/mol. The van der Waals surface area contributed by atoms with Gasteiger partial charge in [-0.1, -0.05) is 71.6 Å². The molecule has 0 saturated heterocycles. The zero-order valence-corrected chi connectivity index (χ0v) is 6.62. The molecule has 0 amide bonds. The number of hydrogen-bond acceptors (Lipinski definition) is 3. The van der Waals surface area contributed by atoms with E-state index in [0.29, 0.717) is 13.2 Å². The van der Waals surface area contributed by atoms with Crippen LogP contribution in [0.1, 0.15) is 59.4 Å². The first-order valence-corrected chi connectivity index (χ1v) is 3.37. The molecule has 0 fully saturated rings. The summed E-state index contributed by atoms with van der Waals surface area (Å²) in [7, 11) is 0. The highest BCUT2D eigenvalue weighted by molar-refractivity contribution is 4.63. The van der Waals surface area contributed by atoms with Gasteiger partial charge >= 0.3 is 0 Å². The first-order valence-electron chi connectivity index (χ1n) is 3.37. The van der Waals surface area contributed by atoms with Crippen molar-refractivity contribution in [2.45, 2.75) is 59.4 Å². The molecule has 0 bridgehead atoms. The van der Waals surface area contributed by atoms with Crippen molar-refractivity contribution in [1.82, 2.24) is 0 Å². The fourth-order valence-corrected chi connectivity index (χ4v) is 0.415. The molecule has 0 radical (unpaired) electrons. The van der Waals surface area contributed by atoms with E-state index in [0.717, 1.165) is 0 Å². The minimum atomic E-state index is 0. The van der Waals surface area contributed by atoms with Gasteiger partial charge in [-0.2, -0.15) is 0 Å². The Bertz CT molecular complexity index is 92.2. The minimum Gasteiger partial charge on any atom is -0.351 e. The lowest BCUT2D eigenvalue weighted by atomic mass is 10.7. The van der Waals surface area contributed by atoms with Crippen LogP contribution in [0.4, 0.5) is 0 Å². The standard InChI is InChI=1S/C8H14O3.8CH4/c1-3-5-9-7-11-8-10-6-4-2;;;;;;;;/h3-4H,1-2,5-8H2;8*1H4. The smallest absolute Gasteiger partial charge is 0.150 e. The highest BCUT2D eigenvalue weighted by atomic mass is 16.7. The van der Waals surface area contributed by atoms with Gasteiger partial charge in [0, 0.05) is 0 Å². The molecule has 0 saturated carbocycles. The van der Waals surface area contributed by atoms with Gasteiger partial charge in [-0.25, -0.2) is 0 Å². The van der Waals surface area contributed by atoms with E-state index in [1.165, 1.54) is 0 Å². The number of hydrogen-bond donors (Lipinski definition) is 0. The third kappa shape index (κ3) is 75.6. The summed E-state index contributed by atoms with van der Waals surface area (Å²) in [5, 5.41) is 0. The maximum absolute atomic E-state index is 4.92. The van der Waals surface area contributed by atoms with E-state index < -0.39 is 0 Å². The van der Waals surface area contributed by atoms with E-state index in [1.807, 2.05) is 0 Å². The third-order valence-electron chi connectivity index (χ3n) is 0.805. The third-order valence-corrected chi connectivity index (χ3v) is 0.805. The second-order valence-electron chi connectivity index (χ2n) is 1.76. The van der Waals surface area contributed by atoms with Gasteiger partial charge in [0.2, 0.25) is 0 Å². The van der Waals surface area contributed by atoms with Crippen LogP contribution in [0.3, 0.4) is 0 Å². The molecule has 3 heteroatoms. The van der Waals surface area contributed by atoms with Crippen LogP contribution in [-0.2, 0) is 14.2 Å². The quantitative estimate of drug-likeness (QED) is 0.293. The molecule has 0 atom stereocenters. The Morgan fingerprint density at radius 1 is 0.526 bits per heavy atom. The zero-order valence-electron chi connectivity index (χ0n) is 6.62. The average Bonchev–Trinajstić information content (AvgIpc) is 2.03. The van der Waals surface area contributed by atoms with E-state index in [4.69, 9.17) is 14.2 Å². The summed E-state index contributed by atoms with van der Waals surface area (Å²) < 4.78 is 14.7. The van der Waals surface area contributed by atoms with Crippen molar-refractivity contribution in [3.63, 3.8) is 0 Å². The second kappa shape index (κ2) is 66.5. The summed E-state index contributed by atoms with van der Waals surface area (Å²) in [5.41, 5.74) is 0. The Morgan fingerprint density at radius 2 is 0.789 bits per heavy atom. The molecule has 0 aromatic rings. The van der Waals surface area contributed by atoms with Crippen LogP contribution in [0.5, 0.6) is 0 Å². The minimum absolute atomic E-state index is 0. The van der Waals surface area contributed by atoms with Crippen molar-refractivity contribution >= 4 is 0 Å². The summed E-state index contributed by atoms with van der Waals surface area (Å²) >= 11 is 0. The van der Waals surface area contributed by atoms with Gasteiger partial charge in [0.15, 0.2) is 0 Å². The second-order valence-corrected chi connectivity index (χ2v) is 1.76. The first-order chi connectivity index (χ1) is 5.41. The van der Waals surface area contributed by atoms with Crippen molar-refractivity contribution in [3.05, 3.63) is 25.3 Å². The van der Waals surface area contributed by atoms with Crippen LogP contribution < -0.4 is 0 Å². The van der Waals surface area contributed by atoms with Gasteiger partial charge in [0.25, 0.3) is 0 Å². The summed E-state index contributed by atoms with van der Waals surface area (Å²) in [6, 6.07) is 0. The van der Waals surface area contributed by atoms with E-state index in [1.54, 1.807) is 12.2 Å². The Labute approximate surface area is 126 Å². The molecule has 0 N–H and O–H groups in total. The molecular weight excluding hydrogens is 240 g/mol. The predicted molar refractivity (Wildman–Crippen MR) is 97.0 cm³/mol. The zero-order chi connectivity index (χ0) is 8.36. The van der Waals surface area contributed by atoms with E-state index in [9.17, 15) is 0 Å². The van der Waals surface area contributed by atoms with Gasteiger partial charge in [0.05, 0.1) is 13.2 Å². The molecule has 0 aliphatic rings. The van der Waals surface area contributed by atoms with Crippen LogP contribution in [-0.4, -0.2) is 26.8 Å². The lowest BCUT2D eigenvalue weighted by molar-refractivity contribution is -0.121. The van der Waals surface area contributed by atoms with Crippen molar-refractivity contribution in [2.24, 2.45) is 0 Å². The van der Waals surface area contributed by atoms with E-state index in [-0.39, 0.29) is 73.0 Å². The molecule has 0 aromatic carbocycles. The molecule has 0 heterocycles. The predicted octanol–water partition coefficient (Wildman–Crippen LogP) is 6.41. The number of ether oxygens (including phenoxy) is 3. The van der Waals surface area contributed by atoms with Crippen molar-refractivity contribution in [2.75, 3.05) is 26.8 Å². The maximum atomic E-state index is 4.92. The summed E-state index contributed by atoms with van der Waals surface area (Å²) in [6.45, 7) is 8.45. The molecule has 0 spiro atoms. The van der Waals surface area contributed by atoms with Gasteiger partial charge in [0.1, 0.15) is 13.6 Å². The molecule has 0 aliphatic carbocycles. The highest BCUT2D eigenvalue weighted by Crippen LogP contribution is 1.81. The largest absolute Gasteiger partial charge is 0.351 e. The van der Waals surface area contributed by atoms with E-state index in [2.05, 4.69) is 13.2 Å². The summed E-state index contributed by atoms with van der Waals surface area (Å²) in [6.07, 6.45) is 3.32.